The Morgan fingerprint density at radius 1 is 1.12 bits per heavy atom. The lowest BCUT2D eigenvalue weighted by Crippen LogP contribution is -2.46. The third-order valence-corrected chi connectivity index (χ3v) is 4.66. The average molecular weight is 238 g/mol. The number of hydrogen-bond donors (Lipinski definition) is 1. The molecule has 2 fully saturated rings. The number of nitrogens with zero attached hydrogens (tertiary/aromatic N) is 1. The summed E-state index contributed by atoms with van der Waals surface area (Å²) >= 11 is 0. The Hall–Kier alpha value is -0.0800. The van der Waals surface area contributed by atoms with Crippen LogP contribution in [0, 0.1) is 5.41 Å². The molecule has 2 rings (SSSR count). The number of hydrogen-bond acceptors (Lipinski definition) is 2. The quantitative estimate of drug-likeness (QED) is 0.755. The summed E-state index contributed by atoms with van der Waals surface area (Å²) in [6.07, 6.45) is 8.34. The largest absolute Gasteiger partial charge is 0.314 e. The molecule has 0 bridgehead atoms. The summed E-state index contributed by atoms with van der Waals surface area (Å²) in [4.78, 5) is 2.79. The van der Waals surface area contributed by atoms with Crippen LogP contribution in [0.3, 0.4) is 0 Å². The molecule has 1 saturated carbocycles. The summed E-state index contributed by atoms with van der Waals surface area (Å²) in [5.74, 6) is 0. The van der Waals surface area contributed by atoms with Crippen LogP contribution in [0.15, 0.2) is 0 Å². The lowest BCUT2D eigenvalue weighted by atomic mass is 9.74. The summed E-state index contributed by atoms with van der Waals surface area (Å²) in [7, 11) is 0. The summed E-state index contributed by atoms with van der Waals surface area (Å²) in [6, 6.07) is 1.57. The molecule has 1 aliphatic carbocycles. The fourth-order valence-corrected chi connectivity index (χ4v) is 3.54. The van der Waals surface area contributed by atoms with E-state index in [0.29, 0.717) is 11.5 Å². The molecule has 0 aromatic heterocycles. The van der Waals surface area contributed by atoms with Crippen molar-refractivity contribution < 1.29 is 0 Å². The standard InChI is InChI=1S/C15H30N2/c1-13-7-11-17(10-5-9-16-13)14-6-4-8-15(2,3)12-14/h13-14,16H,4-12H2,1-3H3. The van der Waals surface area contributed by atoms with Crippen molar-refractivity contribution in [3.05, 3.63) is 0 Å². The van der Waals surface area contributed by atoms with E-state index in [9.17, 15) is 0 Å². The van der Waals surface area contributed by atoms with Crippen molar-refractivity contribution in [3.8, 4) is 0 Å². The van der Waals surface area contributed by atoms with Crippen molar-refractivity contribution >= 4 is 0 Å². The molecular formula is C15H30N2. The molecule has 1 heterocycles. The van der Waals surface area contributed by atoms with Gasteiger partial charge in [-0.1, -0.05) is 20.3 Å². The first-order valence-corrected chi connectivity index (χ1v) is 7.54. The van der Waals surface area contributed by atoms with Gasteiger partial charge in [0.15, 0.2) is 0 Å². The monoisotopic (exact) mass is 238 g/mol. The van der Waals surface area contributed by atoms with Gasteiger partial charge in [-0.2, -0.15) is 0 Å². The Morgan fingerprint density at radius 2 is 1.94 bits per heavy atom. The smallest absolute Gasteiger partial charge is 0.0100 e. The molecule has 100 valence electrons. The van der Waals surface area contributed by atoms with E-state index in [4.69, 9.17) is 0 Å². The maximum Gasteiger partial charge on any atom is 0.0100 e. The Kier molecular flexibility index (Phi) is 4.48. The van der Waals surface area contributed by atoms with E-state index < -0.39 is 0 Å². The highest BCUT2D eigenvalue weighted by Crippen LogP contribution is 2.37. The van der Waals surface area contributed by atoms with E-state index in [1.54, 1.807) is 0 Å². The van der Waals surface area contributed by atoms with Gasteiger partial charge in [-0.15, -0.1) is 0 Å². The van der Waals surface area contributed by atoms with Gasteiger partial charge in [0, 0.05) is 12.1 Å². The maximum atomic E-state index is 3.60. The van der Waals surface area contributed by atoms with Gasteiger partial charge < -0.3 is 10.2 Å². The number of rotatable bonds is 1. The van der Waals surface area contributed by atoms with Gasteiger partial charge >= 0.3 is 0 Å². The highest BCUT2D eigenvalue weighted by molar-refractivity contribution is 4.86. The van der Waals surface area contributed by atoms with Gasteiger partial charge in [-0.3, -0.25) is 0 Å². The van der Waals surface area contributed by atoms with Crippen molar-refractivity contribution in [3.63, 3.8) is 0 Å². The van der Waals surface area contributed by atoms with E-state index >= 15 is 0 Å². The molecule has 0 amide bonds. The molecule has 0 spiro atoms. The van der Waals surface area contributed by atoms with E-state index in [1.165, 1.54) is 58.2 Å². The molecule has 1 N–H and O–H groups in total. The first-order valence-electron chi connectivity index (χ1n) is 7.54. The molecule has 2 aliphatic rings. The van der Waals surface area contributed by atoms with Crippen LogP contribution in [-0.4, -0.2) is 36.6 Å². The topological polar surface area (TPSA) is 15.3 Å². The van der Waals surface area contributed by atoms with E-state index in [0.717, 1.165) is 6.04 Å². The van der Waals surface area contributed by atoms with Crippen molar-refractivity contribution in [2.75, 3.05) is 19.6 Å². The van der Waals surface area contributed by atoms with Crippen LogP contribution in [0.5, 0.6) is 0 Å². The highest BCUT2D eigenvalue weighted by Gasteiger charge is 2.31. The van der Waals surface area contributed by atoms with Crippen molar-refractivity contribution in [1.29, 1.82) is 0 Å². The summed E-state index contributed by atoms with van der Waals surface area (Å²) < 4.78 is 0. The normalized spacial score (nSPS) is 36.2. The first kappa shape index (κ1) is 13.4. The third-order valence-electron chi connectivity index (χ3n) is 4.66. The van der Waals surface area contributed by atoms with Crippen LogP contribution < -0.4 is 5.32 Å². The second-order valence-electron chi connectivity index (χ2n) is 6.95. The van der Waals surface area contributed by atoms with Crippen LogP contribution in [0.25, 0.3) is 0 Å². The fraction of sp³-hybridized carbons (Fsp3) is 1.00. The fourth-order valence-electron chi connectivity index (χ4n) is 3.54. The molecule has 0 aromatic rings. The lowest BCUT2D eigenvalue weighted by Gasteiger charge is -2.42. The maximum absolute atomic E-state index is 3.60. The number of nitrogens with one attached hydrogen (secondary N) is 1. The molecule has 2 nitrogen and oxygen atoms in total. The second kappa shape index (κ2) is 5.71. The minimum Gasteiger partial charge on any atom is -0.314 e. The first-order chi connectivity index (χ1) is 8.07. The molecule has 2 heteroatoms. The van der Waals surface area contributed by atoms with E-state index in [2.05, 4.69) is 31.0 Å². The van der Waals surface area contributed by atoms with Gasteiger partial charge in [-0.25, -0.2) is 0 Å². The van der Waals surface area contributed by atoms with Crippen LogP contribution in [-0.2, 0) is 0 Å². The van der Waals surface area contributed by atoms with Gasteiger partial charge in [0.25, 0.3) is 0 Å². The predicted octanol–water partition coefficient (Wildman–Crippen LogP) is 3.03. The molecule has 2 unspecified atom stereocenters. The van der Waals surface area contributed by atoms with Crippen LogP contribution in [0.2, 0.25) is 0 Å². The average Bonchev–Trinajstić information content (AvgIpc) is 2.22. The molecular weight excluding hydrogens is 208 g/mol. The van der Waals surface area contributed by atoms with Crippen molar-refractivity contribution in [2.24, 2.45) is 5.41 Å². The van der Waals surface area contributed by atoms with E-state index in [-0.39, 0.29) is 0 Å². The van der Waals surface area contributed by atoms with Crippen LogP contribution in [0.1, 0.15) is 59.3 Å². The van der Waals surface area contributed by atoms with Crippen molar-refractivity contribution in [2.45, 2.75) is 71.4 Å². The van der Waals surface area contributed by atoms with Crippen molar-refractivity contribution in [1.82, 2.24) is 10.2 Å². The summed E-state index contributed by atoms with van der Waals surface area (Å²) in [5, 5.41) is 3.60. The molecule has 2 atom stereocenters. The summed E-state index contributed by atoms with van der Waals surface area (Å²) in [6.45, 7) is 11.0. The van der Waals surface area contributed by atoms with Crippen LogP contribution >= 0.6 is 0 Å². The molecule has 1 saturated heterocycles. The molecule has 0 radical (unpaired) electrons. The Morgan fingerprint density at radius 3 is 2.71 bits per heavy atom. The zero-order valence-corrected chi connectivity index (χ0v) is 12.0. The van der Waals surface area contributed by atoms with E-state index in [1.807, 2.05) is 0 Å². The highest BCUT2D eigenvalue weighted by atomic mass is 15.2. The van der Waals surface area contributed by atoms with Gasteiger partial charge in [0.05, 0.1) is 0 Å². The molecule has 0 aromatic carbocycles. The summed E-state index contributed by atoms with van der Waals surface area (Å²) in [5.41, 5.74) is 0.579. The van der Waals surface area contributed by atoms with Gasteiger partial charge in [0.2, 0.25) is 0 Å². The Balaban J connectivity index is 1.90. The minimum absolute atomic E-state index is 0.579. The third kappa shape index (κ3) is 3.96. The molecule has 17 heavy (non-hydrogen) atoms. The second-order valence-corrected chi connectivity index (χ2v) is 6.95. The zero-order chi connectivity index (χ0) is 12.3. The Bertz CT molecular complexity index is 237. The lowest BCUT2D eigenvalue weighted by molar-refractivity contribution is 0.0857. The van der Waals surface area contributed by atoms with Gasteiger partial charge in [-0.05, 0) is 64.1 Å². The minimum atomic E-state index is 0.579. The Labute approximate surface area is 107 Å². The zero-order valence-electron chi connectivity index (χ0n) is 12.0. The predicted molar refractivity (Wildman–Crippen MR) is 74.3 cm³/mol. The van der Waals surface area contributed by atoms with Gasteiger partial charge in [0.1, 0.15) is 0 Å². The van der Waals surface area contributed by atoms with Crippen LogP contribution in [0.4, 0.5) is 0 Å². The SMILES string of the molecule is CC1CCN(C2CCCC(C)(C)C2)CCCN1. The molecule has 1 aliphatic heterocycles.